The first-order valence-electron chi connectivity index (χ1n) is 3.57. The highest BCUT2D eigenvalue weighted by Gasteiger charge is 2.07. The van der Waals surface area contributed by atoms with Gasteiger partial charge in [0.05, 0.1) is 0 Å². The van der Waals surface area contributed by atoms with Gasteiger partial charge in [0.15, 0.2) is 0 Å². The molecular weight excluding hydrogens is 189 g/mol. The van der Waals surface area contributed by atoms with Crippen LogP contribution in [0.4, 0.5) is 0 Å². The standard InChI is InChI=1S/C6H12BCl3/c8-5-1-3-7(10)4-2-6-9/h1-6H2. The van der Waals surface area contributed by atoms with E-state index < -0.39 is 0 Å². The van der Waals surface area contributed by atoms with Gasteiger partial charge in [-0.1, -0.05) is 12.6 Å². The van der Waals surface area contributed by atoms with Crippen LogP contribution in [0.25, 0.3) is 0 Å². The van der Waals surface area contributed by atoms with E-state index in [2.05, 4.69) is 0 Å². The summed E-state index contributed by atoms with van der Waals surface area (Å²) < 4.78 is 0. The Labute approximate surface area is 78.2 Å². The summed E-state index contributed by atoms with van der Waals surface area (Å²) in [7, 11) is 0. The van der Waals surface area contributed by atoms with Crippen molar-refractivity contribution >= 4 is 40.8 Å². The average molecular weight is 201 g/mol. The predicted molar refractivity (Wildman–Crippen MR) is 51.9 cm³/mol. The second kappa shape index (κ2) is 8.04. The molecule has 0 saturated carbocycles. The van der Waals surface area contributed by atoms with Crippen molar-refractivity contribution in [2.75, 3.05) is 11.8 Å². The summed E-state index contributed by atoms with van der Waals surface area (Å²) in [6.45, 7) is 0. The Balaban J connectivity index is 3.00. The lowest BCUT2D eigenvalue weighted by Gasteiger charge is -2.00. The van der Waals surface area contributed by atoms with Gasteiger partial charge in [-0.15, -0.1) is 23.2 Å². The van der Waals surface area contributed by atoms with Crippen LogP contribution in [0.15, 0.2) is 0 Å². The Morgan fingerprint density at radius 2 is 1.30 bits per heavy atom. The molecule has 0 aliphatic rings. The van der Waals surface area contributed by atoms with E-state index in [4.69, 9.17) is 34.7 Å². The van der Waals surface area contributed by atoms with Gasteiger partial charge in [0, 0.05) is 11.8 Å². The summed E-state index contributed by atoms with van der Waals surface area (Å²) >= 11 is 16.9. The minimum absolute atomic E-state index is 0.275. The monoisotopic (exact) mass is 200 g/mol. The molecule has 0 aromatic carbocycles. The van der Waals surface area contributed by atoms with Crippen LogP contribution in [-0.2, 0) is 0 Å². The highest BCUT2D eigenvalue weighted by molar-refractivity contribution is 7.06. The topological polar surface area (TPSA) is 0 Å². The zero-order chi connectivity index (χ0) is 7.82. The predicted octanol–water partition coefficient (Wildman–Crippen LogP) is 3.47. The zero-order valence-electron chi connectivity index (χ0n) is 5.95. The molecule has 0 heterocycles. The van der Waals surface area contributed by atoms with Crippen molar-refractivity contribution in [2.45, 2.75) is 25.5 Å². The molecular formula is C6H12BCl3. The molecule has 0 saturated heterocycles. The van der Waals surface area contributed by atoms with Gasteiger partial charge in [0.1, 0.15) is 0 Å². The van der Waals surface area contributed by atoms with Crippen molar-refractivity contribution in [3.8, 4) is 0 Å². The highest BCUT2D eigenvalue weighted by Crippen LogP contribution is 2.10. The Morgan fingerprint density at radius 3 is 1.60 bits per heavy atom. The number of halogens is 3. The van der Waals surface area contributed by atoms with Crippen LogP contribution in [0.1, 0.15) is 12.8 Å². The molecule has 0 aromatic heterocycles. The van der Waals surface area contributed by atoms with Crippen LogP contribution < -0.4 is 0 Å². The lowest BCUT2D eigenvalue weighted by Crippen LogP contribution is -2.02. The minimum Gasteiger partial charge on any atom is -0.196 e. The molecule has 0 aliphatic carbocycles. The summed E-state index contributed by atoms with van der Waals surface area (Å²) in [5.41, 5.74) is 0. The van der Waals surface area contributed by atoms with Gasteiger partial charge in [-0.3, -0.25) is 0 Å². The molecule has 0 unspecified atom stereocenters. The molecule has 0 spiro atoms. The first kappa shape index (κ1) is 10.9. The quantitative estimate of drug-likeness (QED) is 0.456. The molecule has 10 heavy (non-hydrogen) atoms. The van der Waals surface area contributed by atoms with Crippen molar-refractivity contribution in [3.05, 3.63) is 0 Å². The molecule has 4 heteroatoms. The molecule has 0 N–H and O–H groups in total. The summed E-state index contributed by atoms with van der Waals surface area (Å²) in [6.07, 6.45) is 4.33. The van der Waals surface area contributed by atoms with E-state index in [9.17, 15) is 0 Å². The Morgan fingerprint density at radius 1 is 0.900 bits per heavy atom. The van der Waals surface area contributed by atoms with Gasteiger partial charge in [-0.2, -0.15) is 11.5 Å². The summed E-state index contributed by atoms with van der Waals surface area (Å²) in [5.74, 6) is 1.42. The summed E-state index contributed by atoms with van der Waals surface area (Å²) in [4.78, 5) is 0. The van der Waals surface area contributed by atoms with Crippen molar-refractivity contribution in [3.63, 3.8) is 0 Å². The van der Waals surface area contributed by atoms with E-state index in [0.717, 1.165) is 25.5 Å². The second-order valence-electron chi connectivity index (χ2n) is 2.26. The van der Waals surface area contributed by atoms with E-state index >= 15 is 0 Å². The maximum absolute atomic E-state index is 5.92. The number of rotatable bonds is 6. The summed E-state index contributed by atoms with van der Waals surface area (Å²) in [6, 6.07) is 0. The molecule has 0 fully saturated rings. The van der Waals surface area contributed by atoms with Crippen LogP contribution >= 0.6 is 34.7 Å². The molecule has 0 rings (SSSR count). The fourth-order valence-corrected chi connectivity index (χ4v) is 1.36. The molecule has 0 bridgehead atoms. The largest absolute Gasteiger partial charge is 0.250 e. The number of hydrogen-bond donors (Lipinski definition) is 0. The van der Waals surface area contributed by atoms with Crippen molar-refractivity contribution in [1.29, 1.82) is 0 Å². The van der Waals surface area contributed by atoms with Gasteiger partial charge in [0.2, 0.25) is 0 Å². The second-order valence-corrected chi connectivity index (χ2v) is 3.63. The normalized spacial score (nSPS) is 9.90. The molecule has 0 radical (unpaired) electrons. The Hall–Kier alpha value is 0.935. The highest BCUT2D eigenvalue weighted by atomic mass is 35.5. The van der Waals surface area contributed by atoms with E-state index in [1.165, 1.54) is 0 Å². The van der Waals surface area contributed by atoms with E-state index in [0.29, 0.717) is 11.8 Å². The average Bonchev–Trinajstić information content (AvgIpc) is 1.97. The number of hydrogen-bond acceptors (Lipinski definition) is 0. The number of alkyl halides is 2. The minimum atomic E-state index is 0.275. The lowest BCUT2D eigenvalue weighted by molar-refractivity contribution is 1.03. The third kappa shape index (κ3) is 7.05. The summed E-state index contributed by atoms with van der Waals surface area (Å²) in [5, 5.41) is 0. The van der Waals surface area contributed by atoms with Crippen molar-refractivity contribution < 1.29 is 0 Å². The van der Waals surface area contributed by atoms with E-state index in [1.54, 1.807) is 0 Å². The van der Waals surface area contributed by atoms with Crippen LogP contribution in [0.5, 0.6) is 0 Å². The SMILES string of the molecule is ClCCCB(Cl)CCCCl. The maximum Gasteiger partial charge on any atom is 0.250 e. The third-order valence-electron chi connectivity index (χ3n) is 1.30. The first-order valence-corrected chi connectivity index (χ1v) is 5.07. The van der Waals surface area contributed by atoms with Gasteiger partial charge < -0.3 is 0 Å². The van der Waals surface area contributed by atoms with Gasteiger partial charge >= 0.3 is 0 Å². The molecule has 0 aliphatic heterocycles. The molecule has 0 amide bonds. The third-order valence-corrected chi connectivity index (χ3v) is 2.27. The lowest BCUT2D eigenvalue weighted by atomic mass is 9.67. The molecule has 0 aromatic rings. The van der Waals surface area contributed by atoms with Gasteiger partial charge in [-0.05, 0) is 12.8 Å². The first-order chi connectivity index (χ1) is 4.81. The Bertz CT molecular complexity index is 62.0. The van der Waals surface area contributed by atoms with E-state index in [-0.39, 0.29) is 6.13 Å². The molecule has 0 atom stereocenters. The Kier molecular flexibility index (Phi) is 8.79. The molecule has 60 valence electrons. The fraction of sp³-hybridized carbons (Fsp3) is 1.00. The van der Waals surface area contributed by atoms with E-state index in [1.807, 2.05) is 0 Å². The zero-order valence-corrected chi connectivity index (χ0v) is 8.22. The van der Waals surface area contributed by atoms with Gasteiger partial charge in [-0.25, -0.2) is 0 Å². The molecule has 0 nitrogen and oxygen atoms in total. The van der Waals surface area contributed by atoms with Crippen LogP contribution in [0, 0.1) is 0 Å². The van der Waals surface area contributed by atoms with Crippen LogP contribution in [0.2, 0.25) is 12.6 Å². The van der Waals surface area contributed by atoms with Crippen molar-refractivity contribution in [2.24, 2.45) is 0 Å². The van der Waals surface area contributed by atoms with Crippen LogP contribution in [0.3, 0.4) is 0 Å². The van der Waals surface area contributed by atoms with Crippen molar-refractivity contribution in [1.82, 2.24) is 0 Å². The smallest absolute Gasteiger partial charge is 0.196 e. The van der Waals surface area contributed by atoms with Crippen LogP contribution in [-0.4, -0.2) is 17.9 Å². The van der Waals surface area contributed by atoms with Gasteiger partial charge in [0.25, 0.3) is 6.13 Å². The maximum atomic E-state index is 5.92. The fourth-order valence-electron chi connectivity index (χ4n) is 0.742.